The molecule has 0 heterocycles. The number of rotatable bonds is 5. The van der Waals surface area contributed by atoms with Crippen LogP contribution in [0.5, 0.6) is 11.5 Å². The summed E-state index contributed by atoms with van der Waals surface area (Å²) in [5.41, 5.74) is 2.37. The Hall–Kier alpha value is -2.00. The summed E-state index contributed by atoms with van der Waals surface area (Å²) in [6.45, 7) is 0. The van der Waals surface area contributed by atoms with E-state index >= 15 is 0 Å². The highest BCUT2D eigenvalue weighted by Crippen LogP contribution is 2.29. The molecule has 0 bridgehead atoms. The molecule has 2 N–H and O–H groups in total. The minimum absolute atomic E-state index is 0.167. The minimum atomic E-state index is 0.167. The van der Waals surface area contributed by atoms with Gasteiger partial charge in [-0.1, -0.05) is 36.4 Å². The third-order valence-corrected chi connectivity index (χ3v) is 3.24. The summed E-state index contributed by atoms with van der Waals surface area (Å²) in [4.78, 5) is 0. The van der Waals surface area contributed by atoms with Gasteiger partial charge in [-0.15, -0.1) is 0 Å². The van der Waals surface area contributed by atoms with Crippen LogP contribution in [0.1, 0.15) is 17.2 Å². The van der Waals surface area contributed by atoms with Crippen LogP contribution in [0.2, 0.25) is 0 Å². The van der Waals surface area contributed by atoms with Crippen LogP contribution in [0.3, 0.4) is 0 Å². The van der Waals surface area contributed by atoms with Crippen molar-refractivity contribution in [3.8, 4) is 11.5 Å². The number of ether oxygens (including phenoxy) is 1. The lowest BCUT2D eigenvalue weighted by molar-refractivity contribution is 0.372. The van der Waals surface area contributed by atoms with Crippen LogP contribution in [0, 0.1) is 0 Å². The minimum Gasteiger partial charge on any atom is -0.504 e. The van der Waals surface area contributed by atoms with Crippen molar-refractivity contribution in [3.05, 3.63) is 59.7 Å². The summed E-state index contributed by atoms with van der Waals surface area (Å²) >= 11 is 0. The van der Waals surface area contributed by atoms with E-state index in [0.717, 1.165) is 12.0 Å². The Morgan fingerprint density at radius 1 is 1.16 bits per heavy atom. The molecule has 1 atom stereocenters. The molecule has 0 saturated carbocycles. The average molecular weight is 257 g/mol. The number of phenols is 1. The fourth-order valence-corrected chi connectivity index (χ4v) is 2.15. The molecule has 0 aliphatic rings. The molecule has 0 spiro atoms. The molecule has 0 saturated heterocycles. The fraction of sp³-hybridized carbons (Fsp3) is 0.250. The Kier molecular flexibility index (Phi) is 4.42. The summed E-state index contributed by atoms with van der Waals surface area (Å²) in [7, 11) is 3.50. The Labute approximate surface area is 113 Å². The molecule has 0 radical (unpaired) electrons. The quantitative estimate of drug-likeness (QED) is 0.865. The highest BCUT2D eigenvalue weighted by molar-refractivity contribution is 5.43. The lowest BCUT2D eigenvalue weighted by Gasteiger charge is -2.18. The smallest absolute Gasteiger partial charge is 0.160 e. The van der Waals surface area contributed by atoms with Crippen molar-refractivity contribution in [2.45, 2.75) is 12.5 Å². The van der Waals surface area contributed by atoms with Crippen molar-refractivity contribution < 1.29 is 9.84 Å². The van der Waals surface area contributed by atoms with Gasteiger partial charge >= 0.3 is 0 Å². The van der Waals surface area contributed by atoms with E-state index in [1.807, 2.05) is 37.4 Å². The van der Waals surface area contributed by atoms with Gasteiger partial charge in [-0.3, -0.25) is 0 Å². The lowest BCUT2D eigenvalue weighted by atomic mass is 9.98. The lowest BCUT2D eigenvalue weighted by Crippen LogP contribution is -2.18. The maximum absolute atomic E-state index is 9.63. The van der Waals surface area contributed by atoms with Gasteiger partial charge in [0, 0.05) is 6.04 Å². The number of phenolic OH excluding ortho intramolecular Hbond substituents is 1. The van der Waals surface area contributed by atoms with E-state index in [4.69, 9.17) is 4.74 Å². The van der Waals surface area contributed by atoms with Crippen LogP contribution in [0.25, 0.3) is 0 Å². The first kappa shape index (κ1) is 13.4. The molecule has 2 rings (SSSR count). The van der Waals surface area contributed by atoms with Gasteiger partial charge in [0.15, 0.2) is 11.5 Å². The zero-order chi connectivity index (χ0) is 13.7. The van der Waals surface area contributed by atoms with Crippen LogP contribution in [0.4, 0.5) is 0 Å². The maximum Gasteiger partial charge on any atom is 0.160 e. The molecule has 0 aliphatic heterocycles. The molecule has 2 aromatic rings. The number of methoxy groups -OCH3 is 1. The molecule has 0 amide bonds. The van der Waals surface area contributed by atoms with Crippen molar-refractivity contribution in [1.29, 1.82) is 0 Å². The second-order valence-corrected chi connectivity index (χ2v) is 4.46. The number of hydrogen-bond donors (Lipinski definition) is 2. The average Bonchev–Trinajstić information content (AvgIpc) is 2.46. The maximum atomic E-state index is 9.63. The molecule has 3 nitrogen and oxygen atoms in total. The van der Waals surface area contributed by atoms with Crippen LogP contribution < -0.4 is 10.1 Å². The van der Waals surface area contributed by atoms with E-state index in [9.17, 15) is 5.11 Å². The van der Waals surface area contributed by atoms with E-state index in [0.29, 0.717) is 5.75 Å². The summed E-state index contributed by atoms with van der Waals surface area (Å²) in [6.07, 6.45) is 0.894. The van der Waals surface area contributed by atoms with Gasteiger partial charge in [0.25, 0.3) is 0 Å². The van der Waals surface area contributed by atoms with Crippen molar-refractivity contribution in [3.63, 3.8) is 0 Å². The molecule has 100 valence electrons. The monoisotopic (exact) mass is 257 g/mol. The summed E-state index contributed by atoms with van der Waals surface area (Å²) in [5.74, 6) is 0.673. The van der Waals surface area contributed by atoms with E-state index in [-0.39, 0.29) is 11.8 Å². The molecule has 2 aromatic carbocycles. The Morgan fingerprint density at radius 3 is 2.53 bits per heavy atom. The van der Waals surface area contributed by atoms with Crippen LogP contribution >= 0.6 is 0 Å². The van der Waals surface area contributed by atoms with Gasteiger partial charge in [-0.25, -0.2) is 0 Å². The van der Waals surface area contributed by atoms with E-state index in [1.165, 1.54) is 5.56 Å². The van der Waals surface area contributed by atoms with Crippen molar-refractivity contribution in [1.82, 2.24) is 5.32 Å². The first-order valence-corrected chi connectivity index (χ1v) is 6.32. The van der Waals surface area contributed by atoms with Gasteiger partial charge in [0.2, 0.25) is 0 Å². The van der Waals surface area contributed by atoms with E-state index in [1.54, 1.807) is 13.2 Å². The van der Waals surface area contributed by atoms with Crippen LogP contribution in [-0.2, 0) is 6.42 Å². The molecule has 19 heavy (non-hydrogen) atoms. The highest BCUT2D eigenvalue weighted by atomic mass is 16.5. The van der Waals surface area contributed by atoms with Crippen LogP contribution in [0.15, 0.2) is 48.5 Å². The van der Waals surface area contributed by atoms with Crippen molar-refractivity contribution in [2.75, 3.05) is 14.2 Å². The third-order valence-electron chi connectivity index (χ3n) is 3.24. The summed E-state index contributed by atoms with van der Waals surface area (Å²) in [6, 6.07) is 16.0. The number of aromatic hydroxyl groups is 1. The zero-order valence-electron chi connectivity index (χ0n) is 11.3. The van der Waals surface area contributed by atoms with Gasteiger partial charge in [-0.05, 0) is 36.7 Å². The molecule has 0 fully saturated rings. The van der Waals surface area contributed by atoms with Crippen molar-refractivity contribution in [2.24, 2.45) is 0 Å². The second-order valence-electron chi connectivity index (χ2n) is 4.46. The number of nitrogens with one attached hydrogen (secondary N) is 1. The SMILES string of the molecule is CNC(Cc1ccccc1)c1ccc(O)c(OC)c1. The van der Waals surface area contributed by atoms with Gasteiger partial charge in [0.05, 0.1) is 7.11 Å². The largest absolute Gasteiger partial charge is 0.504 e. The third kappa shape index (κ3) is 3.26. The highest BCUT2D eigenvalue weighted by Gasteiger charge is 2.12. The number of hydrogen-bond acceptors (Lipinski definition) is 3. The van der Waals surface area contributed by atoms with E-state index in [2.05, 4.69) is 17.4 Å². The number of benzene rings is 2. The predicted octanol–water partition coefficient (Wildman–Crippen LogP) is 2.90. The normalized spacial score (nSPS) is 12.1. The van der Waals surface area contributed by atoms with Crippen LogP contribution in [-0.4, -0.2) is 19.3 Å². The first-order valence-electron chi connectivity index (χ1n) is 6.32. The van der Waals surface area contributed by atoms with Gasteiger partial charge < -0.3 is 15.2 Å². The fourth-order valence-electron chi connectivity index (χ4n) is 2.15. The topological polar surface area (TPSA) is 41.5 Å². The number of likely N-dealkylation sites (N-methyl/N-ethyl adjacent to an activating group) is 1. The molecule has 0 aliphatic carbocycles. The Morgan fingerprint density at radius 2 is 1.89 bits per heavy atom. The summed E-state index contributed by atoms with van der Waals surface area (Å²) < 4.78 is 5.15. The van der Waals surface area contributed by atoms with E-state index < -0.39 is 0 Å². The summed E-state index contributed by atoms with van der Waals surface area (Å²) in [5, 5.41) is 12.9. The molecular weight excluding hydrogens is 238 g/mol. The Bertz CT molecular complexity index is 526. The molecule has 1 unspecified atom stereocenters. The van der Waals surface area contributed by atoms with Gasteiger partial charge in [0.1, 0.15) is 0 Å². The standard InChI is InChI=1S/C16H19NO2/c1-17-14(10-12-6-4-3-5-7-12)13-8-9-15(18)16(11-13)19-2/h3-9,11,14,17-18H,10H2,1-2H3. The zero-order valence-corrected chi connectivity index (χ0v) is 11.3. The van der Waals surface area contributed by atoms with Crippen molar-refractivity contribution >= 4 is 0 Å². The second kappa shape index (κ2) is 6.25. The van der Waals surface area contributed by atoms with Gasteiger partial charge in [-0.2, -0.15) is 0 Å². The predicted molar refractivity (Wildman–Crippen MR) is 76.6 cm³/mol. The first-order chi connectivity index (χ1) is 9.24. The Balaban J connectivity index is 2.22. The molecular formula is C16H19NO2. The molecule has 3 heteroatoms. The molecule has 0 aromatic heterocycles.